The molecule has 0 unspecified atom stereocenters. The summed E-state index contributed by atoms with van der Waals surface area (Å²) in [6, 6.07) is 20.2. The molecule has 0 aliphatic carbocycles. The highest BCUT2D eigenvalue weighted by molar-refractivity contribution is 7.98. The Morgan fingerprint density at radius 1 is 0.943 bits per heavy atom. The third-order valence-electron chi connectivity index (χ3n) is 6.23. The molecule has 0 N–H and O–H groups in total. The van der Waals surface area contributed by atoms with E-state index in [2.05, 4.69) is 57.9 Å². The van der Waals surface area contributed by atoms with Crippen LogP contribution in [0.1, 0.15) is 35.3 Å². The van der Waals surface area contributed by atoms with Gasteiger partial charge in [-0.3, -0.25) is 9.69 Å². The molecule has 35 heavy (non-hydrogen) atoms. The molecule has 0 bridgehead atoms. The smallest absolute Gasteiger partial charge is 0.253 e. The number of nitrogens with zero attached hydrogens (tertiary/aromatic N) is 5. The van der Waals surface area contributed by atoms with Crippen LogP contribution in [0.3, 0.4) is 0 Å². The summed E-state index contributed by atoms with van der Waals surface area (Å²) in [5, 5.41) is 1.11. The molecule has 1 saturated heterocycles. The van der Waals surface area contributed by atoms with Crippen molar-refractivity contribution in [3.05, 3.63) is 82.5 Å². The topological polar surface area (TPSA) is 52.6 Å². The third-order valence-corrected chi connectivity index (χ3v) is 7.34. The van der Waals surface area contributed by atoms with E-state index in [4.69, 9.17) is 11.6 Å². The normalized spacial score (nSPS) is 14.2. The number of aromatic nitrogens is 2. The number of thioether (sulfide) groups is 1. The van der Waals surface area contributed by atoms with Crippen LogP contribution in [0.2, 0.25) is 5.15 Å². The van der Waals surface area contributed by atoms with Gasteiger partial charge in [0.05, 0.1) is 0 Å². The van der Waals surface area contributed by atoms with E-state index in [0.717, 1.165) is 62.8 Å². The summed E-state index contributed by atoms with van der Waals surface area (Å²) >= 11 is 7.78. The summed E-state index contributed by atoms with van der Waals surface area (Å²) in [5.41, 5.74) is 3.17. The SMILES string of the molecule is CCN(CC)c1cc(Cl)nc(SCc2ccc(C(=O)N3CCN(Cc4ccccc4)CC3)cc2)n1. The van der Waals surface area contributed by atoms with Crippen LogP contribution in [0, 0.1) is 0 Å². The van der Waals surface area contributed by atoms with Gasteiger partial charge in [0, 0.05) is 63.2 Å². The Kier molecular flexibility index (Phi) is 9.01. The first-order chi connectivity index (χ1) is 17.1. The molecule has 4 rings (SSSR count). The Morgan fingerprint density at radius 2 is 1.63 bits per heavy atom. The van der Waals surface area contributed by atoms with Crippen molar-refractivity contribution in [3.8, 4) is 0 Å². The lowest BCUT2D eigenvalue weighted by Crippen LogP contribution is -2.48. The van der Waals surface area contributed by atoms with E-state index in [1.165, 1.54) is 5.56 Å². The molecule has 1 aliphatic heterocycles. The molecule has 0 radical (unpaired) electrons. The van der Waals surface area contributed by atoms with E-state index in [9.17, 15) is 4.79 Å². The summed E-state index contributed by atoms with van der Waals surface area (Å²) < 4.78 is 0. The first-order valence-corrected chi connectivity index (χ1v) is 13.5. The van der Waals surface area contributed by atoms with Crippen molar-refractivity contribution in [2.24, 2.45) is 0 Å². The first-order valence-electron chi connectivity index (χ1n) is 12.1. The molecular weight excluding hydrogens is 478 g/mol. The second-order valence-electron chi connectivity index (χ2n) is 8.54. The number of halogens is 1. The maximum atomic E-state index is 13.0. The molecule has 3 aromatic rings. The van der Waals surface area contributed by atoms with Gasteiger partial charge in [0.2, 0.25) is 0 Å². The van der Waals surface area contributed by atoms with Crippen LogP contribution in [-0.4, -0.2) is 64.9 Å². The molecule has 1 aromatic heterocycles. The zero-order valence-corrected chi connectivity index (χ0v) is 21.9. The maximum Gasteiger partial charge on any atom is 0.253 e. The number of rotatable bonds is 9. The van der Waals surface area contributed by atoms with Gasteiger partial charge in [0.15, 0.2) is 5.16 Å². The highest BCUT2D eigenvalue weighted by Crippen LogP contribution is 2.25. The van der Waals surface area contributed by atoms with E-state index in [0.29, 0.717) is 16.1 Å². The predicted molar refractivity (Wildman–Crippen MR) is 144 cm³/mol. The number of hydrogen-bond donors (Lipinski definition) is 0. The van der Waals surface area contributed by atoms with Gasteiger partial charge in [-0.15, -0.1) is 0 Å². The van der Waals surface area contributed by atoms with Gasteiger partial charge in [-0.1, -0.05) is 65.8 Å². The highest BCUT2D eigenvalue weighted by atomic mass is 35.5. The van der Waals surface area contributed by atoms with Gasteiger partial charge in [-0.2, -0.15) is 0 Å². The van der Waals surface area contributed by atoms with Crippen LogP contribution in [-0.2, 0) is 12.3 Å². The maximum absolute atomic E-state index is 13.0. The van der Waals surface area contributed by atoms with Crippen molar-refractivity contribution in [2.75, 3.05) is 44.2 Å². The van der Waals surface area contributed by atoms with Crippen LogP contribution in [0.25, 0.3) is 0 Å². The predicted octanol–water partition coefficient (Wildman–Crippen LogP) is 5.23. The van der Waals surface area contributed by atoms with E-state index in [-0.39, 0.29) is 5.91 Å². The van der Waals surface area contributed by atoms with Gasteiger partial charge >= 0.3 is 0 Å². The number of amides is 1. The number of piperazine rings is 1. The molecule has 184 valence electrons. The van der Waals surface area contributed by atoms with Gasteiger partial charge in [0.25, 0.3) is 5.91 Å². The molecule has 1 aliphatic rings. The van der Waals surface area contributed by atoms with E-state index < -0.39 is 0 Å². The zero-order chi connectivity index (χ0) is 24.6. The average molecular weight is 510 g/mol. The van der Waals surface area contributed by atoms with Gasteiger partial charge in [0.1, 0.15) is 11.0 Å². The molecule has 8 heteroatoms. The molecule has 6 nitrogen and oxygen atoms in total. The minimum absolute atomic E-state index is 0.102. The molecule has 0 atom stereocenters. The van der Waals surface area contributed by atoms with Crippen LogP contribution in [0.4, 0.5) is 5.82 Å². The molecule has 0 spiro atoms. The fraction of sp³-hybridized carbons (Fsp3) is 0.370. The molecule has 1 amide bonds. The largest absolute Gasteiger partial charge is 0.357 e. The molecule has 0 saturated carbocycles. The van der Waals surface area contributed by atoms with E-state index >= 15 is 0 Å². The van der Waals surface area contributed by atoms with Crippen molar-refractivity contribution < 1.29 is 4.79 Å². The lowest BCUT2D eigenvalue weighted by molar-refractivity contribution is 0.0628. The molecular formula is C27H32ClN5OS. The zero-order valence-electron chi connectivity index (χ0n) is 20.4. The van der Waals surface area contributed by atoms with Crippen LogP contribution in [0.5, 0.6) is 0 Å². The molecule has 1 fully saturated rings. The standard InChI is InChI=1S/C27H32ClN5OS/c1-3-32(4-2)25-18-24(28)29-27(30-25)35-20-22-10-12-23(13-11-22)26(34)33-16-14-31(15-17-33)19-21-8-6-5-7-9-21/h5-13,18H,3-4,14-17,19-20H2,1-2H3. The quantitative estimate of drug-likeness (QED) is 0.224. The van der Waals surface area contributed by atoms with Crippen molar-refractivity contribution in [1.29, 1.82) is 0 Å². The fourth-order valence-electron chi connectivity index (χ4n) is 4.18. The van der Waals surface area contributed by atoms with Gasteiger partial charge in [-0.25, -0.2) is 9.97 Å². The van der Waals surface area contributed by atoms with Crippen molar-refractivity contribution in [2.45, 2.75) is 31.3 Å². The summed E-state index contributed by atoms with van der Waals surface area (Å²) in [7, 11) is 0. The van der Waals surface area contributed by atoms with Crippen molar-refractivity contribution in [3.63, 3.8) is 0 Å². The summed E-state index contributed by atoms with van der Waals surface area (Å²) in [5.74, 6) is 1.66. The number of benzene rings is 2. The molecule has 2 heterocycles. The van der Waals surface area contributed by atoms with E-state index in [1.54, 1.807) is 17.8 Å². The van der Waals surface area contributed by atoms with Crippen LogP contribution < -0.4 is 4.90 Å². The average Bonchev–Trinajstić information content (AvgIpc) is 2.89. The Bertz CT molecular complexity index is 1100. The Hall–Kier alpha value is -2.61. The van der Waals surface area contributed by atoms with Gasteiger partial charge < -0.3 is 9.80 Å². The number of hydrogen-bond acceptors (Lipinski definition) is 6. The van der Waals surface area contributed by atoms with Gasteiger partial charge in [-0.05, 0) is 37.1 Å². The minimum Gasteiger partial charge on any atom is -0.357 e. The third kappa shape index (κ3) is 6.97. The lowest BCUT2D eigenvalue weighted by atomic mass is 10.1. The summed E-state index contributed by atoms with van der Waals surface area (Å²) in [6.07, 6.45) is 0. The fourth-order valence-corrected chi connectivity index (χ4v) is 5.22. The second-order valence-corrected chi connectivity index (χ2v) is 9.87. The molecule has 2 aromatic carbocycles. The Morgan fingerprint density at radius 3 is 2.29 bits per heavy atom. The second kappa shape index (κ2) is 12.4. The number of anilines is 1. The lowest BCUT2D eigenvalue weighted by Gasteiger charge is -2.34. The van der Waals surface area contributed by atoms with Crippen LogP contribution >= 0.6 is 23.4 Å². The Balaban J connectivity index is 1.29. The number of carbonyl (C=O) groups excluding carboxylic acids is 1. The summed E-state index contributed by atoms with van der Waals surface area (Å²) in [6.45, 7) is 10.2. The minimum atomic E-state index is 0.102. The van der Waals surface area contributed by atoms with Crippen molar-refractivity contribution in [1.82, 2.24) is 19.8 Å². The van der Waals surface area contributed by atoms with Crippen LogP contribution in [0.15, 0.2) is 65.8 Å². The monoisotopic (exact) mass is 509 g/mol. The number of carbonyl (C=O) groups is 1. The Labute approximate surface area is 217 Å². The summed E-state index contributed by atoms with van der Waals surface area (Å²) in [4.78, 5) is 28.6. The first kappa shape index (κ1) is 25.5. The van der Waals surface area contributed by atoms with Crippen molar-refractivity contribution >= 4 is 35.1 Å². The highest BCUT2D eigenvalue weighted by Gasteiger charge is 2.22. The van der Waals surface area contributed by atoms with E-state index in [1.807, 2.05) is 35.2 Å².